The number of amides is 1. The van der Waals surface area contributed by atoms with Crippen molar-refractivity contribution in [1.29, 1.82) is 0 Å². The first kappa shape index (κ1) is 18.3. The molecule has 0 unspecified atom stereocenters. The Bertz CT molecular complexity index is 492. The predicted octanol–water partition coefficient (Wildman–Crippen LogP) is 3.39. The molecular weight excluding hydrogens is 311 g/mol. The summed E-state index contributed by atoms with van der Waals surface area (Å²) in [7, 11) is 4.19. The Hall–Kier alpha value is -1.07. The first-order valence-electron chi connectivity index (χ1n) is 8.32. The van der Waals surface area contributed by atoms with Crippen LogP contribution in [0.3, 0.4) is 0 Å². The molecule has 3 nitrogen and oxygen atoms in total. The lowest BCUT2D eigenvalue weighted by Gasteiger charge is -2.28. The zero-order chi connectivity index (χ0) is 16.7. The van der Waals surface area contributed by atoms with Crippen molar-refractivity contribution < 1.29 is 9.18 Å². The molecule has 1 aliphatic heterocycles. The summed E-state index contributed by atoms with van der Waals surface area (Å²) in [6.07, 6.45) is 4.08. The Kier molecular flexibility index (Phi) is 7.37. The summed E-state index contributed by atoms with van der Waals surface area (Å²) in [6.45, 7) is 1.75. The molecule has 2 rings (SSSR count). The van der Waals surface area contributed by atoms with Gasteiger partial charge in [0.05, 0.1) is 0 Å². The standard InChI is InChI=1S/C18H27FN2OS/c1-20(2)17-5-3-4-11-21(13-17)18(22)10-12-23-14-15-6-8-16(19)9-7-15/h6-9,17H,3-5,10-14H2,1-2H3/t17-/m0/s1. The molecule has 0 N–H and O–H groups in total. The van der Waals surface area contributed by atoms with Crippen LogP contribution >= 0.6 is 11.8 Å². The Morgan fingerprint density at radius 3 is 2.74 bits per heavy atom. The Morgan fingerprint density at radius 2 is 2.04 bits per heavy atom. The average molecular weight is 338 g/mol. The largest absolute Gasteiger partial charge is 0.341 e. The number of nitrogens with zero attached hydrogens (tertiary/aromatic N) is 2. The molecule has 5 heteroatoms. The highest BCUT2D eigenvalue weighted by Gasteiger charge is 2.22. The Balaban J connectivity index is 1.72. The molecule has 1 fully saturated rings. The summed E-state index contributed by atoms with van der Waals surface area (Å²) in [4.78, 5) is 16.7. The van der Waals surface area contributed by atoms with E-state index in [2.05, 4.69) is 19.0 Å². The van der Waals surface area contributed by atoms with Crippen LogP contribution < -0.4 is 0 Å². The van der Waals surface area contributed by atoms with Crippen molar-refractivity contribution in [3.63, 3.8) is 0 Å². The van der Waals surface area contributed by atoms with Gasteiger partial charge in [0, 0.05) is 37.1 Å². The summed E-state index contributed by atoms with van der Waals surface area (Å²) in [5.74, 6) is 1.71. The highest BCUT2D eigenvalue weighted by atomic mass is 32.2. The molecule has 0 aliphatic carbocycles. The second-order valence-electron chi connectivity index (χ2n) is 6.38. The normalized spacial score (nSPS) is 19.0. The maximum Gasteiger partial charge on any atom is 0.223 e. The third-order valence-corrected chi connectivity index (χ3v) is 5.40. The van der Waals surface area contributed by atoms with Crippen LogP contribution in [0.1, 0.15) is 31.2 Å². The predicted molar refractivity (Wildman–Crippen MR) is 95.1 cm³/mol. The van der Waals surface area contributed by atoms with E-state index in [9.17, 15) is 9.18 Å². The van der Waals surface area contributed by atoms with Crippen LogP contribution in [0, 0.1) is 5.82 Å². The van der Waals surface area contributed by atoms with E-state index in [0.29, 0.717) is 12.5 Å². The molecule has 1 amide bonds. The van der Waals surface area contributed by atoms with Crippen LogP contribution in [-0.4, -0.2) is 54.7 Å². The molecule has 0 aromatic heterocycles. The third kappa shape index (κ3) is 6.15. The number of thioether (sulfide) groups is 1. The van der Waals surface area contributed by atoms with Crippen LogP contribution in [0.2, 0.25) is 0 Å². The highest BCUT2D eigenvalue weighted by Crippen LogP contribution is 2.17. The number of likely N-dealkylation sites (N-methyl/N-ethyl adjacent to an activating group) is 1. The summed E-state index contributed by atoms with van der Waals surface area (Å²) in [5, 5.41) is 0. The van der Waals surface area contributed by atoms with Crippen LogP contribution in [0.5, 0.6) is 0 Å². The number of benzene rings is 1. The van der Waals surface area contributed by atoms with E-state index in [1.165, 1.54) is 25.0 Å². The van der Waals surface area contributed by atoms with Gasteiger partial charge >= 0.3 is 0 Å². The van der Waals surface area contributed by atoms with Crippen LogP contribution in [0.15, 0.2) is 24.3 Å². The molecule has 1 aliphatic rings. The fraction of sp³-hybridized carbons (Fsp3) is 0.611. The number of hydrogen-bond donors (Lipinski definition) is 0. The second-order valence-corrected chi connectivity index (χ2v) is 7.49. The molecule has 0 bridgehead atoms. The van der Waals surface area contributed by atoms with Crippen molar-refractivity contribution in [3.05, 3.63) is 35.6 Å². The van der Waals surface area contributed by atoms with Crippen molar-refractivity contribution >= 4 is 17.7 Å². The minimum atomic E-state index is -0.203. The first-order valence-corrected chi connectivity index (χ1v) is 9.48. The van der Waals surface area contributed by atoms with Gasteiger partial charge < -0.3 is 9.80 Å². The molecule has 1 aromatic rings. The third-order valence-electron chi connectivity index (χ3n) is 4.37. The quantitative estimate of drug-likeness (QED) is 0.743. The second kappa shape index (κ2) is 9.28. The minimum Gasteiger partial charge on any atom is -0.341 e. The maximum absolute atomic E-state index is 12.8. The van der Waals surface area contributed by atoms with E-state index < -0.39 is 0 Å². The van der Waals surface area contributed by atoms with Gasteiger partial charge in [-0.15, -0.1) is 0 Å². The van der Waals surface area contributed by atoms with Crippen molar-refractivity contribution in [2.45, 2.75) is 37.5 Å². The van der Waals surface area contributed by atoms with Crippen molar-refractivity contribution in [1.82, 2.24) is 9.80 Å². The maximum atomic E-state index is 12.8. The van der Waals surface area contributed by atoms with Crippen molar-refractivity contribution in [3.8, 4) is 0 Å². The van der Waals surface area contributed by atoms with E-state index in [4.69, 9.17) is 0 Å². The van der Waals surface area contributed by atoms with E-state index >= 15 is 0 Å². The van der Waals surface area contributed by atoms with E-state index in [1.54, 1.807) is 23.9 Å². The van der Waals surface area contributed by atoms with E-state index in [0.717, 1.165) is 36.6 Å². The van der Waals surface area contributed by atoms with E-state index in [-0.39, 0.29) is 11.7 Å². The van der Waals surface area contributed by atoms with Gasteiger partial charge in [0.2, 0.25) is 5.91 Å². The smallest absolute Gasteiger partial charge is 0.223 e. The van der Waals surface area contributed by atoms with Gasteiger partial charge in [0.15, 0.2) is 0 Å². The van der Waals surface area contributed by atoms with E-state index in [1.807, 2.05) is 4.90 Å². The van der Waals surface area contributed by atoms with Crippen LogP contribution in [0.4, 0.5) is 4.39 Å². The topological polar surface area (TPSA) is 23.6 Å². The van der Waals surface area contributed by atoms with Gasteiger partial charge in [-0.25, -0.2) is 4.39 Å². The van der Waals surface area contributed by atoms with Gasteiger partial charge in [-0.3, -0.25) is 4.79 Å². The number of rotatable bonds is 6. The molecule has 0 radical (unpaired) electrons. The van der Waals surface area contributed by atoms with Crippen LogP contribution in [0.25, 0.3) is 0 Å². The number of carbonyl (C=O) groups excluding carboxylic acids is 1. The number of likely N-dealkylation sites (tertiary alicyclic amines) is 1. The summed E-state index contributed by atoms with van der Waals surface area (Å²) < 4.78 is 12.8. The summed E-state index contributed by atoms with van der Waals surface area (Å²) >= 11 is 1.74. The SMILES string of the molecule is CN(C)[C@H]1CCCCN(C(=O)CCSCc2ccc(F)cc2)C1. The lowest BCUT2D eigenvalue weighted by molar-refractivity contribution is -0.131. The summed E-state index contributed by atoms with van der Waals surface area (Å²) in [6, 6.07) is 7.06. The summed E-state index contributed by atoms with van der Waals surface area (Å²) in [5.41, 5.74) is 1.10. The molecule has 23 heavy (non-hydrogen) atoms. The monoisotopic (exact) mass is 338 g/mol. The van der Waals surface area contributed by atoms with Gasteiger partial charge in [-0.1, -0.05) is 18.6 Å². The van der Waals surface area contributed by atoms with Crippen molar-refractivity contribution in [2.24, 2.45) is 0 Å². The molecule has 0 spiro atoms. The Labute approximate surface area is 143 Å². The molecule has 1 aromatic carbocycles. The molecule has 1 heterocycles. The zero-order valence-corrected chi connectivity index (χ0v) is 14.9. The van der Waals surface area contributed by atoms with Crippen molar-refractivity contribution in [2.75, 3.05) is 32.9 Å². The Morgan fingerprint density at radius 1 is 1.30 bits per heavy atom. The van der Waals surface area contributed by atoms with Crippen LogP contribution in [-0.2, 0) is 10.5 Å². The fourth-order valence-corrected chi connectivity index (χ4v) is 3.75. The number of halogens is 1. The highest BCUT2D eigenvalue weighted by molar-refractivity contribution is 7.98. The molecule has 0 saturated carbocycles. The first-order chi connectivity index (χ1) is 11.1. The lowest BCUT2D eigenvalue weighted by atomic mass is 10.1. The van der Waals surface area contributed by atoms with Gasteiger partial charge in [-0.05, 0) is 44.6 Å². The van der Waals surface area contributed by atoms with Gasteiger partial charge in [0.1, 0.15) is 5.82 Å². The molecule has 1 saturated heterocycles. The number of carbonyl (C=O) groups is 1. The lowest BCUT2D eigenvalue weighted by Crippen LogP contribution is -2.42. The molecular formula is C18H27FN2OS. The molecule has 1 atom stereocenters. The molecule has 128 valence electrons. The minimum absolute atomic E-state index is 0.203. The fourth-order valence-electron chi connectivity index (χ4n) is 2.86. The number of hydrogen-bond acceptors (Lipinski definition) is 3. The average Bonchev–Trinajstić information content (AvgIpc) is 2.79. The zero-order valence-electron chi connectivity index (χ0n) is 14.1. The van der Waals surface area contributed by atoms with Gasteiger partial charge in [-0.2, -0.15) is 11.8 Å². The van der Waals surface area contributed by atoms with Gasteiger partial charge in [0.25, 0.3) is 0 Å².